The summed E-state index contributed by atoms with van der Waals surface area (Å²) >= 11 is 0. The lowest BCUT2D eigenvalue weighted by Gasteiger charge is -2.40. The van der Waals surface area contributed by atoms with Crippen LogP contribution in [0.5, 0.6) is 0 Å². The summed E-state index contributed by atoms with van der Waals surface area (Å²) in [5.74, 6) is 0.217. The Hall–Kier alpha value is -0.610. The van der Waals surface area contributed by atoms with Crippen LogP contribution in [0.3, 0.4) is 0 Å². The van der Waals surface area contributed by atoms with Crippen LogP contribution in [0.15, 0.2) is 0 Å². The van der Waals surface area contributed by atoms with Crippen LogP contribution in [0, 0.1) is 0 Å². The van der Waals surface area contributed by atoms with Gasteiger partial charge in [-0.05, 0) is 32.6 Å². The zero-order valence-corrected chi connectivity index (χ0v) is 9.28. The standard InChI is InChI=1S/C11H20N2O2/c1-8-7-13(11(15)6-12-8)9-2-4-10(14)5-3-9/h8-10,12,14H,2-7H2,1H3/t8-,9?,10?/m1/s1. The van der Waals surface area contributed by atoms with Gasteiger partial charge in [0.2, 0.25) is 5.91 Å². The highest BCUT2D eigenvalue weighted by molar-refractivity contribution is 5.79. The zero-order chi connectivity index (χ0) is 10.8. The Balaban J connectivity index is 1.93. The number of nitrogens with one attached hydrogen (secondary N) is 1. The third-order valence-corrected chi connectivity index (χ3v) is 3.50. The van der Waals surface area contributed by atoms with Crippen LogP contribution in [-0.2, 0) is 4.79 Å². The maximum atomic E-state index is 11.7. The smallest absolute Gasteiger partial charge is 0.236 e. The van der Waals surface area contributed by atoms with Crippen LogP contribution in [0.1, 0.15) is 32.6 Å². The fraction of sp³-hybridized carbons (Fsp3) is 0.909. The molecule has 1 aliphatic heterocycles. The van der Waals surface area contributed by atoms with E-state index in [0.717, 1.165) is 32.2 Å². The molecule has 0 aromatic carbocycles. The van der Waals surface area contributed by atoms with Gasteiger partial charge in [0.15, 0.2) is 0 Å². The number of aliphatic hydroxyl groups is 1. The highest BCUT2D eigenvalue weighted by atomic mass is 16.3. The molecule has 1 aliphatic carbocycles. The molecular weight excluding hydrogens is 192 g/mol. The number of piperazine rings is 1. The Labute approximate surface area is 90.6 Å². The van der Waals surface area contributed by atoms with E-state index >= 15 is 0 Å². The Bertz CT molecular complexity index is 237. The predicted molar refractivity (Wildman–Crippen MR) is 57.4 cm³/mol. The topological polar surface area (TPSA) is 52.6 Å². The van der Waals surface area contributed by atoms with Crippen molar-refractivity contribution in [2.24, 2.45) is 0 Å². The largest absolute Gasteiger partial charge is 0.393 e. The van der Waals surface area contributed by atoms with Gasteiger partial charge in [-0.3, -0.25) is 4.79 Å². The Morgan fingerprint density at radius 1 is 1.33 bits per heavy atom. The van der Waals surface area contributed by atoms with E-state index in [1.807, 2.05) is 4.90 Å². The number of rotatable bonds is 1. The number of aliphatic hydroxyl groups excluding tert-OH is 1. The fourth-order valence-corrected chi connectivity index (χ4v) is 2.55. The van der Waals surface area contributed by atoms with Crippen LogP contribution in [0.25, 0.3) is 0 Å². The first kappa shape index (κ1) is 10.9. The van der Waals surface area contributed by atoms with E-state index in [0.29, 0.717) is 18.6 Å². The molecule has 0 unspecified atom stereocenters. The predicted octanol–water partition coefficient (Wildman–Crippen LogP) is 0.110. The van der Waals surface area contributed by atoms with Crippen molar-refractivity contribution >= 4 is 5.91 Å². The van der Waals surface area contributed by atoms with E-state index in [-0.39, 0.29) is 12.0 Å². The van der Waals surface area contributed by atoms with Crippen molar-refractivity contribution in [3.05, 3.63) is 0 Å². The zero-order valence-electron chi connectivity index (χ0n) is 9.28. The Kier molecular flexibility index (Phi) is 3.26. The van der Waals surface area contributed by atoms with Crippen LogP contribution in [0.2, 0.25) is 0 Å². The van der Waals surface area contributed by atoms with E-state index < -0.39 is 0 Å². The summed E-state index contributed by atoms with van der Waals surface area (Å²) in [4.78, 5) is 13.7. The number of hydrogen-bond acceptors (Lipinski definition) is 3. The molecule has 4 heteroatoms. The third kappa shape index (κ3) is 2.49. The molecule has 86 valence electrons. The van der Waals surface area contributed by atoms with Gasteiger partial charge in [0.25, 0.3) is 0 Å². The fourth-order valence-electron chi connectivity index (χ4n) is 2.55. The summed E-state index contributed by atoms with van der Waals surface area (Å²) < 4.78 is 0. The maximum absolute atomic E-state index is 11.7. The summed E-state index contributed by atoms with van der Waals surface area (Å²) in [5.41, 5.74) is 0. The average molecular weight is 212 g/mol. The second kappa shape index (κ2) is 4.49. The Morgan fingerprint density at radius 2 is 2.00 bits per heavy atom. The molecule has 0 aromatic rings. The molecule has 1 heterocycles. The van der Waals surface area contributed by atoms with Gasteiger partial charge in [0.05, 0.1) is 12.6 Å². The van der Waals surface area contributed by atoms with Gasteiger partial charge in [-0.25, -0.2) is 0 Å². The molecule has 0 spiro atoms. The molecule has 1 atom stereocenters. The molecule has 0 bridgehead atoms. The van der Waals surface area contributed by atoms with Gasteiger partial charge >= 0.3 is 0 Å². The summed E-state index contributed by atoms with van der Waals surface area (Å²) in [6.07, 6.45) is 3.46. The van der Waals surface area contributed by atoms with Crippen molar-refractivity contribution in [3.8, 4) is 0 Å². The van der Waals surface area contributed by atoms with Crippen LogP contribution in [0.4, 0.5) is 0 Å². The molecule has 2 aliphatic rings. The third-order valence-electron chi connectivity index (χ3n) is 3.50. The number of carbonyl (C=O) groups is 1. The highest BCUT2D eigenvalue weighted by Crippen LogP contribution is 2.24. The minimum Gasteiger partial charge on any atom is -0.393 e. The number of nitrogens with zero attached hydrogens (tertiary/aromatic N) is 1. The van der Waals surface area contributed by atoms with E-state index in [4.69, 9.17) is 0 Å². The van der Waals surface area contributed by atoms with E-state index in [2.05, 4.69) is 12.2 Å². The van der Waals surface area contributed by atoms with E-state index in [1.165, 1.54) is 0 Å². The monoisotopic (exact) mass is 212 g/mol. The van der Waals surface area contributed by atoms with Crippen molar-refractivity contribution in [2.75, 3.05) is 13.1 Å². The van der Waals surface area contributed by atoms with E-state index in [9.17, 15) is 9.90 Å². The van der Waals surface area contributed by atoms with Gasteiger partial charge in [-0.2, -0.15) is 0 Å². The van der Waals surface area contributed by atoms with Gasteiger partial charge < -0.3 is 15.3 Å². The van der Waals surface area contributed by atoms with Crippen LogP contribution >= 0.6 is 0 Å². The lowest BCUT2D eigenvalue weighted by molar-refractivity contribution is -0.136. The summed E-state index contributed by atoms with van der Waals surface area (Å²) in [5, 5.41) is 12.6. The molecule has 2 rings (SSSR count). The average Bonchev–Trinajstić information content (AvgIpc) is 2.23. The van der Waals surface area contributed by atoms with Crippen molar-refractivity contribution in [1.82, 2.24) is 10.2 Å². The van der Waals surface area contributed by atoms with Crippen molar-refractivity contribution < 1.29 is 9.90 Å². The normalized spacial score (nSPS) is 38.1. The number of carbonyl (C=O) groups excluding carboxylic acids is 1. The lowest BCUT2D eigenvalue weighted by Crippen LogP contribution is -2.57. The van der Waals surface area contributed by atoms with Gasteiger partial charge in [-0.1, -0.05) is 0 Å². The van der Waals surface area contributed by atoms with Crippen molar-refractivity contribution in [3.63, 3.8) is 0 Å². The first-order valence-corrected chi connectivity index (χ1v) is 5.87. The van der Waals surface area contributed by atoms with Crippen molar-refractivity contribution in [1.29, 1.82) is 0 Å². The van der Waals surface area contributed by atoms with Crippen LogP contribution in [-0.4, -0.2) is 47.2 Å². The molecule has 1 amide bonds. The minimum absolute atomic E-state index is 0.142. The molecule has 0 aromatic heterocycles. The molecular formula is C11H20N2O2. The second-order valence-corrected chi connectivity index (χ2v) is 4.79. The number of hydrogen-bond donors (Lipinski definition) is 2. The van der Waals surface area contributed by atoms with Crippen LogP contribution < -0.4 is 5.32 Å². The molecule has 2 fully saturated rings. The quantitative estimate of drug-likeness (QED) is 0.648. The number of amides is 1. The van der Waals surface area contributed by atoms with Gasteiger partial charge in [0, 0.05) is 18.6 Å². The van der Waals surface area contributed by atoms with Crippen molar-refractivity contribution in [2.45, 2.75) is 50.8 Å². The van der Waals surface area contributed by atoms with Gasteiger partial charge in [0.1, 0.15) is 0 Å². The van der Waals surface area contributed by atoms with Gasteiger partial charge in [-0.15, -0.1) is 0 Å². The molecule has 15 heavy (non-hydrogen) atoms. The second-order valence-electron chi connectivity index (χ2n) is 4.79. The SMILES string of the molecule is C[C@@H]1CN(C2CCC(O)CC2)C(=O)CN1. The highest BCUT2D eigenvalue weighted by Gasteiger charge is 2.31. The minimum atomic E-state index is -0.142. The van der Waals surface area contributed by atoms with E-state index in [1.54, 1.807) is 0 Å². The molecule has 1 saturated carbocycles. The molecule has 2 N–H and O–H groups in total. The molecule has 4 nitrogen and oxygen atoms in total. The summed E-state index contributed by atoms with van der Waals surface area (Å²) in [7, 11) is 0. The Morgan fingerprint density at radius 3 is 2.67 bits per heavy atom. The molecule has 0 radical (unpaired) electrons. The lowest BCUT2D eigenvalue weighted by atomic mass is 9.91. The summed E-state index contributed by atoms with van der Waals surface area (Å²) in [6, 6.07) is 0.764. The first-order chi connectivity index (χ1) is 7.16. The molecule has 1 saturated heterocycles. The summed E-state index contributed by atoms with van der Waals surface area (Å²) in [6.45, 7) is 3.40. The maximum Gasteiger partial charge on any atom is 0.236 e. The first-order valence-electron chi connectivity index (χ1n) is 5.87.